The van der Waals surface area contributed by atoms with Gasteiger partial charge in [0.2, 0.25) is 0 Å². The summed E-state index contributed by atoms with van der Waals surface area (Å²) in [7, 11) is 0. The zero-order valence-electron chi connectivity index (χ0n) is 17.9. The van der Waals surface area contributed by atoms with Gasteiger partial charge in [0.15, 0.2) is 0 Å². The SMILES string of the molecule is Brc1cc(Br)cc(-c2ccc3c(c2)c2ccccc2n3-c2ccc3oc4ccccc4c3c2)c1. The smallest absolute Gasteiger partial charge is 0.135 e. The molecule has 0 saturated carbocycles. The fourth-order valence-electron chi connectivity index (χ4n) is 5.00. The molecular formula is C30H17Br2NO. The molecule has 0 atom stereocenters. The van der Waals surface area contributed by atoms with Crippen LogP contribution < -0.4 is 0 Å². The summed E-state index contributed by atoms with van der Waals surface area (Å²) in [5.41, 5.74) is 7.70. The van der Waals surface area contributed by atoms with E-state index >= 15 is 0 Å². The normalized spacial score (nSPS) is 11.8. The van der Waals surface area contributed by atoms with Crippen LogP contribution in [0.25, 0.3) is 60.6 Å². The van der Waals surface area contributed by atoms with Gasteiger partial charge in [-0.15, -0.1) is 0 Å². The first-order chi connectivity index (χ1) is 16.7. The van der Waals surface area contributed by atoms with E-state index in [1.807, 2.05) is 12.1 Å². The predicted octanol–water partition coefficient (Wildman–Crippen LogP) is 9.88. The summed E-state index contributed by atoms with van der Waals surface area (Å²) in [6.07, 6.45) is 0. The van der Waals surface area contributed by atoms with Gasteiger partial charge in [0.05, 0.1) is 11.0 Å². The van der Waals surface area contributed by atoms with E-state index in [2.05, 4.69) is 127 Å². The van der Waals surface area contributed by atoms with Gasteiger partial charge in [-0.05, 0) is 71.8 Å². The van der Waals surface area contributed by atoms with E-state index in [1.165, 1.54) is 32.9 Å². The van der Waals surface area contributed by atoms with Gasteiger partial charge in [0.1, 0.15) is 11.2 Å². The van der Waals surface area contributed by atoms with Gasteiger partial charge in [0, 0.05) is 36.2 Å². The third-order valence-corrected chi connectivity index (χ3v) is 7.40. The topological polar surface area (TPSA) is 18.1 Å². The number of aromatic nitrogens is 1. The Bertz CT molecular complexity index is 1870. The van der Waals surface area contributed by atoms with E-state index < -0.39 is 0 Å². The Labute approximate surface area is 212 Å². The molecular weight excluding hydrogens is 550 g/mol. The first-order valence-corrected chi connectivity index (χ1v) is 12.7. The average molecular weight is 567 g/mol. The molecule has 0 bridgehead atoms. The number of nitrogens with zero attached hydrogens (tertiary/aromatic N) is 1. The van der Waals surface area contributed by atoms with Gasteiger partial charge in [0.25, 0.3) is 0 Å². The number of hydrogen-bond donors (Lipinski definition) is 0. The zero-order valence-corrected chi connectivity index (χ0v) is 21.1. The van der Waals surface area contributed by atoms with Crippen molar-refractivity contribution in [3.63, 3.8) is 0 Å². The van der Waals surface area contributed by atoms with Crippen LogP contribution in [0.4, 0.5) is 0 Å². The van der Waals surface area contributed by atoms with Crippen LogP contribution in [0, 0.1) is 0 Å². The predicted molar refractivity (Wildman–Crippen MR) is 149 cm³/mol. The van der Waals surface area contributed by atoms with E-state index in [1.54, 1.807) is 0 Å². The second kappa shape index (κ2) is 7.59. The summed E-state index contributed by atoms with van der Waals surface area (Å²) >= 11 is 7.25. The molecule has 2 heterocycles. The maximum atomic E-state index is 6.07. The molecule has 7 rings (SSSR count). The molecule has 2 aromatic heterocycles. The molecule has 0 aliphatic rings. The molecule has 4 heteroatoms. The van der Waals surface area contributed by atoms with Crippen molar-refractivity contribution in [3.8, 4) is 16.8 Å². The highest BCUT2D eigenvalue weighted by atomic mass is 79.9. The lowest BCUT2D eigenvalue weighted by Crippen LogP contribution is -1.93. The van der Waals surface area contributed by atoms with Gasteiger partial charge in [-0.1, -0.05) is 74.3 Å². The fourth-order valence-corrected chi connectivity index (χ4v) is 6.30. The van der Waals surface area contributed by atoms with Crippen molar-refractivity contribution in [2.24, 2.45) is 0 Å². The van der Waals surface area contributed by atoms with Gasteiger partial charge in [-0.2, -0.15) is 0 Å². The number of halogens is 2. The van der Waals surface area contributed by atoms with Crippen molar-refractivity contribution in [3.05, 3.63) is 112 Å². The van der Waals surface area contributed by atoms with Crippen LogP contribution in [0.3, 0.4) is 0 Å². The number of fused-ring (bicyclic) bond motifs is 6. The van der Waals surface area contributed by atoms with Crippen molar-refractivity contribution in [1.29, 1.82) is 0 Å². The molecule has 34 heavy (non-hydrogen) atoms. The van der Waals surface area contributed by atoms with Crippen molar-refractivity contribution in [2.45, 2.75) is 0 Å². The zero-order chi connectivity index (χ0) is 22.8. The molecule has 0 unspecified atom stereocenters. The lowest BCUT2D eigenvalue weighted by atomic mass is 10.0. The molecule has 5 aromatic carbocycles. The van der Waals surface area contributed by atoms with Crippen LogP contribution >= 0.6 is 31.9 Å². The average Bonchev–Trinajstić information content (AvgIpc) is 3.38. The van der Waals surface area contributed by atoms with Crippen LogP contribution in [0.5, 0.6) is 0 Å². The molecule has 0 N–H and O–H groups in total. The fraction of sp³-hybridized carbons (Fsp3) is 0. The number of benzene rings is 5. The quantitative estimate of drug-likeness (QED) is 0.203. The van der Waals surface area contributed by atoms with Crippen LogP contribution in [0.1, 0.15) is 0 Å². The van der Waals surface area contributed by atoms with E-state index in [4.69, 9.17) is 4.42 Å². The van der Waals surface area contributed by atoms with Gasteiger partial charge >= 0.3 is 0 Å². The Morgan fingerprint density at radius 3 is 2.06 bits per heavy atom. The van der Waals surface area contributed by atoms with Crippen molar-refractivity contribution < 1.29 is 4.42 Å². The van der Waals surface area contributed by atoms with Crippen LogP contribution in [-0.4, -0.2) is 4.57 Å². The summed E-state index contributed by atoms with van der Waals surface area (Å²) in [5.74, 6) is 0. The molecule has 0 spiro atoms. The molecule has 162 valence electrons. The summed E-state index contributed by atoms with van der Waals surface area (Å²) in [4.78, 5) is 0. The van der Waals surface area contributed by atoms with E-state index in [-0.39, 0.29) is 0 Å². The second-order valence-electron chi connectivity index (χ2n) is 8.52. The minimum Gasteiger partial charge on any atom is -0.456 e. The van der Waals surface area contributed by atoms with Crippen molar-refractivity contribution >= 4 is 75.6 Å². The maximum Gasteiger partial charge on any atom is 0.135 e. The number of para-hydroxylation sites is 2. The van der Waals surface area contributed by atoms with Gasteiger partial charge in [-0.3, -0.25) is 0 Å². The standard InChI is InChI=1S/C30H17Br2NO/c31-20-13-19(14-21(32)16-20)18-9-11-28-25(15-18)23-5-1-3-7-27(23)33(28)22-10-12-30-26(17-22)24-6-2-4-8-29(24)34-30/h1-17H. The minimum atomic E-state index is 0.910. The van der Waals surface area contributed by atoms with Crippen LogP contribution in [0.15, 0.2) is 116 Å². The third kappa shape index (κ3) is 3.06. The Kier molecular flexibility index (Phi) is 4.48. The van der Waals surface area contributed by atoms with Crippen molar-refractivity contribution in [1.82, 2.24) is 4.57 Å². The largest absolute Gasteiger partial charge is 0.456 e. The number of furan rings is 1. The number of hydrogen-bond acceptors (Lipinski definition) is 1. The maximum absolute atomic E-state index is 6.07. The summed E-state index contributed by atoms with van der Waals surface area (Å²) in [5, 5.41) is 4.75. The van der Waals surface area contributed by atoms with Gasteiger partial charge in [-0.25, -0.2) is 0 Å². The van der Waals surface area contributed by atoms with Crippen LogP contribution in [0.2, 0.25) is 0 Å². The molecule has 0 amide bonds. The van der Waals surface area contributed by atoms with Gasteiger partial charge < -0.3 is 8.98 Å². The summed E-state index contributed by atoms with van der Waals surface area (Å²) in [6, 6.07) is 36.4. The second-order valence-corrected chi connectivity index (χ2v) is 10.4. The number of rotatable bonds is 2. The highest BCUT2D eigenvalue weighted by Crippen LogP contribution is 2.37. The first-order valence-electron chi connectivity index (χ1n) is 11.1. The van der Waals surface area contributed by atoms with E-state index in [9.17, 15) is 0 Å². The minimum absolute atomic E-state index is 0.910. The monoisotopic (exact) mass is 565 g/mol. The Morgan fingerprint density at radius 2 is 1.21 bits per heavy atom. The Hall–Kier alpha value is -3.34. The van der Waals surface area contributed by atoms with Crippen molar-refractivity contribution in [2.75, 3.05) is 0 Å². The Balaban J connectivity index is 1.51. The third-order valence-electron chi connectivity index (χ3n) is 6.49. The Morgan fingerprint density at radius 1 is 0.500 bits per heavy atom. The van der Waals surface area contributed by atoms with Crippen LogP contribution in [-0.2, 0) is 0 Å². The molecule has 0 saturated heterocycles. The first kappa shape index (κ1) is 20.1. The molecule has 0 fully saturated rings. The highest BCUT2D eigenvalue weighted by Gasteiger charge is 2.15. The molecule has 0 aliphatic heterocycles. The summed E-state index contributed by atoms with van der Waals surface area (Å²) in [6.45, 7) is 0. The highest BCUT2D eigenvalue weighted by molar-refractivity contribution is 9.11. The lowest BCUT2D eigenvalue weighted by Gasteiger charge is -2.09. The lowest BCUT2D eigenvalue weighted by molar-refractivity contribution is 0.669. The molecule has 0 radical (unpaired) electrons. The summed E-state index contributed by atoms with van der Waals surface area (Å²) < 4.78 is 10.5. The molecule has 7 aromatic rings. The van der Waals surface area contributed by atoms with E-state index in [0.717, 1.165) is 36.6 Å². The molecule has 2 nitrogen and oxygen atoms in total. The van der Waals surface area contributed by atoms with E-state index in [0.29, 0.717) is 0 Å². The molecule has 0 aliphatic carbocycles.